The number of nitrogens with one attached hydrogen (secondary N) is 2. The highest BCUT2D eigenvalue weighted by molar-refractivity contribution is 5.87. The summed E-state index contributed by atoms with van der Waals surface area (Å²) in [5, 5.41) is 5.57. The molecule has 16 nitrogen and oxygen atoms in total. The summed E-state index contributed by atoms with van der Waals surface area (Å²) in [4.78, 5) is 86.9. The average molecular weight is 1220 g/mol. The largest absolute Gasteiger partial charge is 0.444 e. The number of amides is 6. The quantitative estimate of drug-likeness (QED) is 0.0440. The van der Waals surface area contributed by atoms with Crippen LogP contribution in [0, 0.1) is 0 Å². The van der Waals surface area contributed by atoms with E-state index in [2.05, 4.69) is 24.5 Å². The van der Waals surface area contributed by atoms with Gasteiger partial charge in [0.25, 0.3) is 0 Å². The minimum atomic E-state index is -0.827. The van der Waals surface area contributed by atoms with Crippen LogP contribution in [0.15, 0.2) is 0 Å². The molecule has 0 aliphatic heterocycles. The van der Waals surface area contributed by atoms with Crippen LogP contribution in [-0.4, -0.2) is 144 Å². The lowest BCUT2D eigenvalue weighted by atomic mass is 10.0. The molecule has 0 aliphatic carbocycles. The van der Waals surface area contributed by atoms with Crippen molar-refractivity contribution in [1.82, 2.24) is 30.2 Å². The Kier molecular flexibility index (Phi) is 47.5. The monoisotopic (exact) mass is 1220 g/mol. The zero-order valence-electron chi connectivity index (χ0n) is 58.4. The molecule has 506 valence electrons. The van der Waals surface area contributed by atoms with Gasteiger partial charge >= 0.3 is 24.4 Å². The van der Waals surface area contributed by atoms with Gasteiger partial charge in [-0.15, -0.1) is 0 Å². The Balaban J connectivity index is 5.64. The molecule has 0 aromatic heterocycles. The first-order chi connectivity index (χ1) is 40.7. The highest BCUT2D eigenvalue weighted by atomic mass is 16.6. The molecule has 0 unspecified atom stereocenters. The molecule has 0 saturated carbocycles. The highest BCUT2D eigenvalue weighted by Gasteiger charge is 2.28. The topological polar surface area (TPSA) is 176 Å². The number of hydrogen-bond donors (Lipinski definition) is 2. The number of ether oxygens (including phenoxy) is 4. The number of unbranched alkanes of at least 4 members (excludes halogenated alkanes) is 31. The van der Waals surface area contributed by atoms with Crippen LogP contribution in [0.25, 0.3) is 0 Å². The van der Waals surface area contributed by atoms with Crippen molar-refractivity contribution in [3.05, 3.63) is 0 Å². The third kappa shape index (κ3) is 53.1. The molecule has 0 bridgehead atoms. The lowest BCUT2D eigenvalue weighted by molar-refractivity contribution is -0.133. The molecule has 86 heavy (non-hydrogen) atoms. The zero-order chi connectivity index (χ0) is 64.5. The van der Waals surface area contributed by atoms with Crippen molar-refractivity contribution < 1.29 is 47.7 Å². The van der Waals surface area contributed by atoms with Crippen LogP contribution >= 0.6 is 0 Å². The second-order valence-corrected chi connectivity index (χ2v) is 28.4. The molecule has 16 heteroatoms. The Hall–Kier alpha value is -3.98. The van der Waals surface area contributed by atoms with Gasteiger partial charge < -0.3 is 44.3 Å². The predicted molar refractivity (Wildman–Crippen MR) is 355 cm³/mol. The molecule has 0 saturated heterocycles. The van der Waals surface area contributed by atoms with Gasteiger partial charge in [0.1, 0.15) is 28.9 Å². The Morgan fingerprint density at radius 3 is 0.872 bits per heavy atom. The summed E-state index contributed by atoms with van der Waals surface area (Å²) in [7, 11) is 0. The van der Waals surface area contributed by atoms with E-state index in [1.165, 1.54) is 185 Å². The summed E-state index contributed by atoms with van der Waals surface area (Å²) in [5.41, 5.74) is -2.93. The van der Waals surface area contributed by atoms with Gasteiger partial charge in [-0.05, 0) is 122 Å². The van der Waals surface area contributed by atoms with Gasteiger partial charge in [-0.2, -0.15) is 0 Å². The van der Waals surface area contributed by atoms with Crippen molar-refractivity contribution in [2.75, 3.05) is 65.4 Å². The number of carbonyl (C=O) groups is 6. The van der Waals surface area contributed by atoms with Gasteiger partial charge in [0.2, 0.25) is 11.8 Å². The Morgan fingerprint density at radius 1 is 0.291 bits per heavy atom. The van der Waals surface area contributed by atoms with Gasteiger partial charge in [-0.3, -0.25) is 14.5 Å². The van der Waals surface area contributed by atoms with E-state index < -0.39 is 52.7 Å². The van der Waals surface area contributed by atoms with Crippen LogP contribution in [0.5, 0.6) is 0 Å². The molecule has 2 N–H and O–H groups in total. The summed E-state index contributed by atoms with van der Waals surface area (Å²) in [6.45, 7) is 28.5. The van der Waals surface area contributed by atoms with E-state index in [0.29, 0.717) is 65.0 Å². The molecule has 0 aliphatic rings. The molecule has 0 fully saturated rings. The molecule has 0 spiro atoms. The van der Waals surface area contributed by atoms with E-state index in [1.807, 2.05) is 25.7 Å². The number of alkyl carbamates (subject to hydrolysis) is 1. The van der Waals surface area contributed by atoms with E-state index >= 15 is 0 Å². The van der Waals surface area contributed by atoms with Gasteiger partial charge in [0.15, 0.2) is 0 Å². The fourth-order valence-corrected chi connectivity index (χ4v) is 10.2. The first kappa shape index (κ1) is 82.0. The average Bonchev–Trinajstić information content (AvgIpc) is 3.55. The lowest BCUT2D eigenvalue weighted by Gasteiger charge is -2.30. The van der Waals surface area contributed by atoms with Crippen molar-refractivity contribution in [3.63, 3.8) is 0 Å². The van der Waals surface area contributed by atoms with Crippen LogP contribution in [0.1, 0.15) is 328 Å². The second kappa shape index (κ2) is 49.8. The highest BCUT2D eigenvalue weighted by Crippen LogP contribution is 2.19. The maximum absolute atomic E-state index is 13.9. The van der Waals surface area contributed by atoms with E-state index in [0.717, 1.165) is 25.7 Å². The van der Waals surface area contributed by atoms with Crippen LogP contribution in [-0.2, 0) is 28.5 Å². The number of carbonyl (C=O) groups excluding carboxylic acids is 6. The van der Waals surface area contributed by atoms with E-state index in [-0.39, 0.29) is 32.1 Å². The number of nitrogens with zero attached hydrogens (tertiary/aromatic N) is 4. The first-order valence-corrected chi connectivity index (χ1v) is 35.1. The smallest absolute Gasteiger partial charge is 0.410 e. The summed E-state index contributed by atoms with van der Waals surface area (Å²) in [5.74, 6) is -0.574. The Morgan fingerprint density at radius 2 is 0.547 bits per heavy atom. The molecule has 0 rings (SSSR count). The van der Waals surface area contributed by atoms with Gasteiger partial charge in [0.05, 0.1) is 6.54 Å². The van der Waals surface area contributed by atoms with Crippen LogP contribution in [0.2, 0.25) is 0 Å². The van der Waals surface area contributed by atoms with Crippen molar-refractivity contribution in [2.45, 2.75) is 350 Å². The Bertz CT molecular complexity index is 1700. The van der Waals surface area contributed by atoms with E-state index in [4.69, 9.17) is 18.9 Å². The molecule has 0 atom stereocenters. The standard InChI is InChI=1S/C70H136N6O10/c1-15-17-19-21-23-25-27-29-31-33-35-37-39-41-43-45-52-73(53-46-44-42-40-38-36-34-32-30-28-26-24-22-20-18-16-2)62(78)59-72-61(77)60-76(66(82)86-70(12,13)14)58-50-57-75(65(81)85-69(9,10)11)55-48-47-54-74(64(80)84-68(6,7)8)56-49-51-71-63(79)83-67(3,4)5/h15-60H2,1-14H3,(H,71,79)(H,72,77). The van der Waals surface area contributed by atoms with Crippen molar-refractivity contribution in [1.29, 1.82) is 0 Å². The fourth-order valence-electron chi connectivity index (χ4n) is 10.2. The normalized spacial score (nSPS) is 11.9. The van der Waals surface area contributed by atoms with Crippen LogP contribution in [0.4, 0.5) is 19.2 Å². The Labute approximate surface area is 527 Å². The maximum Gasteiger partial charge on any atom is 0.410 e. The van der Waals surface area contributed by atoms with Gasteiger partial charge in [-0.1, -0.05) is 206 Å². The van der Waals surface area contributed by atoms with Crippen molar-refractivity contribution in [3.8, 4) is 0 Å². The van der Waals surface area contributed by atoms with Gasteiger partial charge in [0, 0.05) is 52.4 Å². The minimum absolute atomic E-state index is 0.101. The lowest BCUT2D eigenvalue weighted by Crippen LogP contribution is -2.47. The summed E-state index contributed by atoms with van der Waals surface area (Å²) < 4.78 is 22.6. The summed E-state index contributed by atoms with van der Waals surface area (Å²) in [6.07, 6.45) is 40.9. The van der Waals surface area contributed by atoms with E-state index in [9.17, 15) is 28.8 Å². The first-order valence-electron chi connectivity index (χ1n) is 35.1. The maximum atomic E-state index is 13.9. The van der Waals surface area contributed by atoms with Crippen LogP contribution in [0.3, 0.4) is 0 Å². The molecule has 0 radical (unpaired) electrons. The van der Waals surface area contributed by atoms with Crippen molar-refractivity contribution >= 4 is 36.2 Å². The number of hydrogen-bond acceptors (Lipinski definition) is 10. The molecule has 6 amide bonds. The minimum Gasteiger partial charge on any atom is -0.444 e. The predicted octanol–water partition coefficient (Wildman–Crippen LogP) is 18.3. The number of rotatable bonds is 51. The molecular weight excluding hydrogens is 1080 g/mol. The zero-order valence-corrected chi connectivity index (χ0v) is 58.4. The summed E-state index contributed by atoms with van der Waals surface area (Å²) >= 11 is 0. The summed E-state index contributed by atoms with van der Waals surface area (Å²) in [6, 6.07) is 0. The van der Waals surface area contributed by atoms with Crippen molar-refractivity contribution in [2.24, 2.45) is 0 Å². The third-order valence-corrected chi connectivity index (χ3v) is 14.9. The third-order valence-electron chi connectivity index (χ3n) is 14.9. The molecule has 0 aromatic carbocycles. The van der Waals surface area contributed by atoms with Gasteiger partial charge in [-0.25, -0.2) is 19.2 Å². The molecule has 0 heterocycles. The second-order valence-electron chi connectivity index (χ2n) is 28.4. The molecular formula is C70H136N6O10. The molecule has 0 aromatic rings. The van der Waals surface area contributed by atoms with E-state index in [1.54, 1.807) is 72.1 Å². The van der Waals surface area contributed by atoms with Crippen LogP contribution < -0.4 is 10.6 Å². The fraction of sp³-hybridized carbons (Fsp3) is 0.914. The SMILES string of the molecule is CCCCCCCCCCCCCCCCCCN(CCCCCCCCCCCCCCCCCC)C(=O)CNC(=O)CN(CCCN(CCCCN(CCCNC(=O)OC(C)(C)C)C(=O)OC(C)(C)C)C(=O)OC(C)(C)C)C(=O)OC(C)(C)C.